The average molecular weight is 238 g/mol. The lowest BCUT2D eigenvalue weighted by Gasteiger charge is -2.12. The fraction of sp³-hybridized carbons (Fsp3) is 0.273. The number of hydrogen-bond acceptors (Lipinski definition) is 1. The molecule has 0 saturated heterocycles. The van der Waals surface area contributed by atoms with Gasteiger partial charge in [-0.25, -0.2) is 0 Å². The Morgan fingerprint density at radius 2 is 2.08 bits per heavy atom. The average Bonchev–Trinajstić information content (AvgIpc) is 2.46. The van der Waals surface area contributed by atoms with Gasteiger partial charge in [-0.15, -0.1) is 0 Å². The number of halogens is 1. The van der Waals surface area contributed by atoms with Crippen molar-refractivity contribution in [1.82, 2.24) is 4.90 Å². The lowest BCUT2D eigenvalue weighted by atomic mass is 10.1. The molecule has 1 nitrogen and oxygen atoms in total. The Labute approximate surface area is 87.2 Å². The van der Waals surface area contributed by atoms with Crippen LogP contribution in [0.5, 0.6) is 0 Å². The number of fused-ring (bicyclic) bond motifs is 1. The summed E-state index contributed by atoms with van der Waals surface area (Å²) in [5, 5.41) is 0. The minimum Gasteiger partial charge on any atom is -0.381 e. The van der Waals surface area contributed by atoms with Gasteiger partial charge < -0.3 is 4.90 Å². The van der Waals surface area contributed by atoms with E-state index in [0.717, 1.165) is 10.9 Å². The van der Waals surface area contributed by atoms with E-state index in [-0.39, 0.29) is 0 Å². The third-order valence-corrected chi connectivity index (χ3v) is 2.87. The van der Waals surface area contributed by atoms with Gasteiger partial charge in [-0.2, -0.15) is 0 Å². The van der Waals surface area contributed by atoms with Gasteiger partial charge in [0.1, 0.15) is 0 Å². The van der Waals surface area contributed by atoms with Crippen molar-refractivity contribution in [2.45, 2.75) is 6.42 Å². The molecule has 13 heavy (non-hydrogen) atoms. The van der Waals surface area contributed by atoms with E-state index in [1.807, 2.05) is 0 Å². The molecule has 0 aromatic heterocycles. The van der Waals surface area contributed by atoms with Gasteiger partial charge in [0.25, 0.3) is 0 Å². The molecular formula is C11H12BrN. The summed E-state index contributed by atoms with van der Waals surface area (Å²) in [7, 11) is 4.18. The number of nitrogens with zero attached hydrogens (tertiary/aromatic N) is 1. The summed E-state index contributed by atoms with van der Waals surface area (Å²) in [5.74, 6) is 0. The number of hydrogen-bond donors (Lipinski definition) is 0. The van der Waals surface area contributed by atoms with Crippen LogP contribution in [0.15, 0.2) is 28.4 Å². The van der Waals surface area contributed by atoms with E-state index in [0.29, 0.717) is 0 Å². The van der Waals surface area contributed by atoms with Crippen LogP contribution < -0.4 is 0 Å². The molecule has 0 spiro atoms. The van der Waals surface area contributed by atoms with Crippen molar-refractivity contribution in [2.75, 3.05) is 14.1 Å². The zero-order valence-corrected chi connectivity index (χ0v) is 9.43. The van der Waals surface area contributed by atoms with Crippen molar-refractivity contribution in [1.29, 1.82) is 0 Å². The van der Waals surface area contributed by atoms with Gasteiger partial charge in [-0.1, -0.05) is 22.0 Å². The van der Waals surface area contributed by atoms with Gasteiger partial charge >= 0.3 is 0 Å². The molecular weight excluding hydrogens is 226 g/mol. The molecule has 1 aromatic rings. The van der Waals surface area contributed by atoms with Crippen LogP contribution in [0.25, 0.3) is 6.08 Å². The van der Waals surface area contributed by atoms with E-state index < -0.39 is 0 Å². The lowest BCUT2D eigenvalue weighted by molar-refractivity contribution is 0.507. The largest absolute Gasteiger partial charge is 0.381 e. The number of likely N-dealkylation sites (N-methyl/N-ethyl adjacent to an activating group) is 1. The maximum atomic E-state index is 3.48. The molecule has 0 fully saturated rings. The molecule has 2 heteroatoms. The monoisotopic (exact) mass is 237 g/mol. The van der Waals surface area contributed by atoms with Crippen molar-refractivity contribution in [2.24, 2.45) is 0 Å². The van der Waals surface area contributed by atoms with Crippen LogP contribution in [-0.4, -0.2) is 19.0 Å². The molecule has 68 valence electrons. The summed E-state index contributed by atoms with van der Waals surface area (Å²) >= 11 is 3.48. The summed E-state index contributed by atoms with van der Waals surface area (Å²) in [6, 6.07) is 6.46. The Morgan fingerprint density at radius 1 is 1.31 bits per heavy atom. The lowest BCUT2D eigenvalue weighted by Crippen LogP contribution is -2.10. The Morgan fingerprint density at radius 3 is 2.77 bits per heavy atom. The summed E-state index contributed by atoms with van der Waals surface area (Å²) in [5.41, 5.74) is 4.15. The SMILES string of the molecule is CN(C)C1=Cc2cc(Br)ccc2C1. The Balaban J connectivity index is 2.38. The first-order valence-electron chi connectivity index (χ1n) is 4.33. The summed E-state index contributed by atoms with van der Waals surface area (Å²) < 4.78 is 1.16. The summed E-state index contributed by atoms with van der Waals surface area (Å²) in [4.78, 5) is 2.17. The molecule has 0 radical (unpaired) electrons. The molecule has 1 aromatic carbocycles. The van der Waals surface area contributed by atoms with Crippen molar-refractivity contribution in [3.63, 3.8) is 0 Å². The second-order valence-electron chi connectivity index (χ2n) is 3.55. The van der Waals surface area contributed by atoms with Crippen LogP contribution in [0, 0.1) is 0 Å². The van der Waals surface area contributed by atoms with Gasteiger partial charge in [0.2, 0.25) is 0 Å². The predicted molar refractivity (Wildman–Crippen MR) is 59.5 cm³/mol. The van der Waals surface area contributed by atoms with Crippen molar-refractivity contribution >= 4 is 22.0 Å². The van der Waals surface area contributed by atoms with E-state index in [4.69, 9.17) is 0 Å². The molecule has 0 heterocycles. The van der Waals surface area contributed by atoms with Gasteiger partial charge in [0.15, 0.2) is 0 Å². The fourth-order valence-corrected chi connectivity index (χ4v) is 1.95. The highest BCUT2D eigenvalue weighted by atomic mass is 79.9. The highest BCUT2D eigenvalue weighted by Crippen LogP contribution is 2.28. The van der Waals surface area contributed by atoms with Gasteiger partial charge in [0.05, 0.1) is 0 Å². The van der Waals surface area contributed by atoms with Crippen LogP contribution in [0.1, 0.15) is 11.1 Å². The Bertz CT molecular complexity index is 366. The third-order valence-electron chi connectivity index (χ3n) is 2.38. The molecule has 0 unspecified atom stereocenters. The quantitative estimate of drug-likeness (QED) is 0.727. The first kappa shape index (κ1) is 8.82. The molecule has 0 saturated carbocycles. The smallest absolute Gasteiger partial charge is 0.0181 e. The van der Waals surface area contributed by atoms with Gasteiger partial charge in [-0.3, -0.25) is 0 Å². The van der Waals surface area contributed by atoms with Gasteiger partial charge in [0, 0.05) is 30.7 Å². The molecule has 0 bridgehead atoms. The molecule has 2 rings (SSSR count). The molecule has 1 aliphatic rings. The van der Waals surface area contributed by atoms with Crippen molar-refractivity contribution in [3.05, 3.63) is 39.5 Å². The summed E-state index contributed by atoms with van der Waals surface area (Å²) in [6.45, 7) is 0. The molecule has 0 atom stereocenters. The van der Waals surface area contributed by atoms with E-state index >= 15 is 0 Å². The minimum absolute atomic E-state index is 1.07. The van der Waals surface area contributed by atoms with Crippen LogP contribution in [0.3, 0.4) is 0 Å². The first-order chi connectivity index (χ1) is 6.16. The molecule has 0 amide bonds. The second-order valence-corrected chi connectivity index (χ2v) is 4.47. The Kier molecular flexibility index (Phi) is 2.16. The third kappa shape index (κ3) is 1.63. The highest BCUT2D eigenvalue weighted by Gasteiger charge is 2.13. The van der Waals surface area contributed by atoms with E-state index in [1.54, 1.807) is 0 Å². The first-order valence-corrected chi connectivity index (χ1v) is 5.12. The molecule has 0 aliphatic heterocycles. The molecule has 1 aliphatic carbocycles. The van der Waals surface area contributed by atoms with E-state index in [2.05, 4.69) is 59.2 Å². The number of rotatable bonds is 1. The highest BCUT2D eigenvalue weighted by molar-refractivity contribution is 9.10. The zero-order valence-electron chi connectivity index (χ0n) is 7.84. The number of allylic oxidation sites excluding steroid dienone is 1. The standard InChI is InChI=1S/C11H12BrN/c1-13(2)11-6-8-3-4-10(12)5-9(8)7-11/h3-5,7H,6H2,1-2H3. The normalized spacial score (nSPS) is 13.9. The predicted octanol–water partition coefficient (Wildman–Crippen LogP) is 2.91. The molecule has 0 N–H and O–H groups in total. The minimum atomic E-state index is 1.07. The van der Waals surface area contributed by atoms with Gasteiger partial charge in [-0.05, 0) is 29.3 Å². The zero-order chi connectivity index (χ0) is 9.42. The Hall–Kier alpha value is -0.760. The maximum Gasteiger partial charge on any atom is 0.0181 e. The van der Waals surface area contributed by atoms with Crippen LogP contribution >= 0.6 is 15.9 Å². The van der Waals surface area contributed by atoms with Crippen molar-refractivity contribution < 1.29 is 0 Å². The van der Waals surface area contributed by atoms with Crippen LogP contribution in [-0.2, 0) is 6.42 Å². The fourth-order valence-electron chi connectivity index (χ4n) is 1.57. The maximum absolute atomic E-state index is 3.48. The second kappa shape index (κ2) is 3.18. The van der Waals surface area contributed by atoms with Crippen molar-refractivity contribution in [3.8, 4) is 0 Å². The van der Waals surface area contributed by atoms with Crippen LogP contribution in [0.2, 0.25) is 0 Å². The number of benzene rings is 1. The summed E-state index contributed by atoms with van der Waals surface area (Å²) in [6.07, 6.45) is 3.32. The topological polar surface area (TPSA) is 3.24 Å². The van der Waals surface area contributed by atoms with E-state index in [1.165, 1.54) is 16.8 Å². The van der Waals surface area contributed by atoms with Crippen LogP contribution in [0.4, 0.5) is 0 Å². The van der Waals surface area contributed by atoms with E-state index in [9.17, 15) is 0 Å².